The molecule has 45 heavy (non-hydrogen) atoms. The first kappa shape index (κ1) is 28.7. The van der Waals surface area contributed by atoms with Crippen molar-refractivity contribution >= 4 is 45.3 Å². The van der Waals surface area contributed by atoms with Crippen LogP contribution < -0.4 is 15.0 Å². The third kappa shape index (κ3) is 5.11. The molecule has 2 saturated heterocycles. The number of pyridine rings is 1. The molecule has 5 aliphatic rings. The lowest BCUT2D eigenvalue weighted by atomic mass is 9.91. The molecule has 236 valence electrons. The minimum atomic E-state index is -0.571. The number of likely N-dealkylation sites (tertiary alicyclic amines) is 1. The Morgan fingerprint density at radius 1 is 1.20 bits per heavy atom. The normalized spacial score (nSPS) is 26.9. The fourth-order valence-electron chi connectivity index (χ4n) is 7.58. The van der Waals surface area contributed by atoms with E-state index >= 15 is 4.39 Å². The second-order valence-corrected chi connectivity index (χ2v) is 13.7. The molecule has 1 saturated carbocycles. The lowest BCUT2D eigenvalue weighted by molar-refractivity contribution is 0.128. The van der Waals surface area contributed by atoms with Crippen LogP contribution in [0.2, 0.25) is 5.02 Å². The highest BCUT2D eigenvalue weighted by Crippen LogP contribution is 2.55. The van der Waals surface area contributed by atoms with E-state index in [4.69, 9.17) is 31.0 Å². The molecule has 11 nitrogen and oxygen atoms in total. The van der Waals surface area contributed by atoms with E-state index in [1.165, 1.54) is 0 Å². The van der Waals surface area contributed by atoms with E-state index < -0.39 is 17.4 Å². The first-order valence-electron chi connectivity index (χ1n) is 15.8. The van der Waals surface area contributed by atoms with E-state index in [2.05, 4.69) is 37.3 Å². The lowest BCUT2D eigenvalue weighted by Gasteiger charge is -2.41. The number of H-pyrrole nitrogens is 1. The first-order chi connectivity index (χ1) is 21.8. The van der Waals surface area contributed by atoms with Crippen molar-refractivity contribution in [1.29, 1.82) is 0 Å². The Balaban J connectivity index is 1.32. The highest BCUT2D eigenvalue weighted by molar-refractivity contribution is 6.33. The first-order valence-corrected chi connectivity index (χ1v) is 16.2. The maximum atomic E-state index is 17.1. The van der Waals surface area contributed by atoms with Gasteiger partial charge in [-0.05, 0) is 82.5 Å². The number of amides is 1. The molecule has 2 N–H and O–H groups in total. The number of likely N-dealkylation sites (N-methyl/N-ethyl adjacent to an activating group) is 1. The number of benzene rings is 1. The number of alkyl carbamates (subject to hydrolysis) is 1. The Kier molecular flexibility index (Phi) is 6.97. The van der Waals surface area contributed by atoms with Crippen molar-refractivity contribution < 1.29 is 18.7 Å². The van der Waals surface area contributed by atoms with Gasteiger partial charge in [0.25, 0.3) is 0 Å². The number of carbonyl (C=O) groups is 1. The highest BCUT2D eigenvalue weighted by atomic mass is 35.5. The van der Waals surface area contributed by atoms with Gasteiger partial charge in [0.1, 0.15) is 23.6 Å². The number of aromatic nitrogens is 5. The number of nitrogens with one attached hydrogen (secondary N) is 2. The predicted octanol–water partition coefficient (Wildman–Crippen LogP) is 5.43. The molecule has 13 heteroatoms. The van der Waals surface area contributed by atoms with Gasteiger partial charge in [0.05, 0.1) is 29.2 Å². The monoisotopic (exact) mass is 634 g/mol. The summed E-state index contributed by atoms with van der Waals surface area (Å²) in [7, 11) is 2.08. The van der Waals surface area contributed by atoms with Gasteiger partial charge in [-0.3, -0.25) is 10.1 Å². The van der Waals surface area contributed by atoms with Crippen molar-refractivity contribution in [2.24, 2.45) is 5.92 Å². The average Bonchev–Trinajstić information content (AvgIpc) is 3.38. The topological polar surface area (TPSA) is 121 Å². The van der Waals surface area contributed by atoms with Gasteiger partial charge in [0, 0.05) is 41.3 Å². The number of hydrogen-bond acceptors (Lipinski definition) is 9. The lowest BCUT2D eigenvalue weighted by Crippen LogP contribution is -2.57. The van der Waals surface area contributed by atoms with E-state index in [1.807, 2.05) is 13.0 Å². The molecular weight excluding hydrogens is 599 g/mol. The largest absolute Gasteiger partial charge is 0.462 e. The molecule has 4 atom stereocenters. The second-order valence-electron chi connectivity index (χ2n) is 13.3. The van der Waals surface area contributed by atoms with Crippen molar-refractivity contribution in [1.82, 2.24) is 35.4 Å². The zero-order valence-corrected chi connectivity index (χ0v) is 26.2. The number of aromatic amines is 1. The Morgan fingerprint density at radius 3 is 2.93 bits per heavy atom. The van der Waals surface area contributed by atoms with Crippen LogP contribution in [0, 0.1) is 11.7 Å². The Labute approximate surface area is 264 Å². The molecule has 9 rings (SSSR count). The van der Waals surface area contributed by atoms with E-state index in [1.54, 1.807) is 12.4 Å². The molecule has 3 fully saturated rings. The van der Waals surface area contributed by atoms with Crippen LogP contribution in [0.5, 0.6) is 6.01 Å². The molecule has 4 aromatic rings. The van der Waals surface area contributed by atoms with Crippen LogP contribution in [0.3, 0.4) is 0 Å². The molecular formula is C32H36ClFN8O3. The van der Waals surface area contributed by atoms with Crippen molar-refractivity contribution in [3.05, 3.63) is 34.9 Å². The van der Waals surface area contributed by atoms with Crippen molar-refractivity contribution in [2.45, 2.75) is 62.9 Å². The molecule has 7 heterocycles. The van der Waals surface area contributed by atoms with Gasteiger partial charge >= 0.3 is 12.1 Å². The van der Waals surface area contributed by atoms with Gasteiger partial charge in [-0.25, -0.2) is 9.18 Å². The molecule has 1 aliphatic carbocycles. The summed E-state index contributed by atoms with van der Waals surface area (Å²) >= 11 is 6.92. The number of piperidine rings is 1. The smallest absolute Gasteiger partial charge is 0.407 e. The Morgan fingerprint density at radius 2 is 2.09 bits per heavy atom. The zero-order chi connectivity index (χ0) is 30.9. The minimum Gasteiger partial charge on any atom is -0.462 e. The summed E-state index contributed by atoms with van der Waals surface area (Å²) < 4.78 is 28.9. The predicted molar refractivity (Wildman–Crippen MR) is 168 cm³/mol. The van der Waals surface area contributed by atoms with Gasteiger partial charge in [0.2, 0.25) is 0 Å². The van der Waals surface area contributed by atoms with Crippen molar-refractivity contribution in [2.75, 3.05) is 44.8 Å². The van der Waals surface area contributed by atoms with Crippen LogP contribution in [0.1, 0.15) is 56.9 Å². The Hall–Kier alpha value is -3.77. The number of halogens is 2. The number of fused-ring (bicyclic) bond motifs is 6. The molecule has 6 bridgehead atoms. The van der Waals surface area contributed by atoms with Gasteiger partial charge in [0.15, 0.2) is 5.82 Å². The molecule has 3 aromatic heterocycles. The van der Waals surface area contributed by atoms with Crippen LogP contribution in [0.15, 0.2) is 18.5 Å². The minimum absolute atomic E-state index is 0.0668. The van der Waals surface area contributed by atoms with Gasteiger partial charge in [-0.1, -0.05) is 11.6 Å². The number of nitrogens with zero attached hydrogens (tertiary/aromatic N) is 6. The van der Waals surface area contributed by atoms with Crippen LogP contribution in [0.4, 0.5) is 15.0 Å². The fourth-order valence-corrected chi connectivity index (χ4v) is 7.93. The van der Waals surface area contributed by atoms with Crippen LogP contribution in [-0.2, 0) is 4.74 Å². The van der Waals surface area contributed by atoms with Crippen LogP contribution >= 0.6 is 11.6 Å². The summed E-state index contributed by atoms with van der Waals surface area (Å²) in [5, 5.41) is 12.1. The Bertz CT molecular complexity index is 1820. The number of anilines is 1. The number of ether oxygens (including phenoxy) is 2. The quantitative estimate of drug-likeness (QED) is 0.304. The average molecular weight is 635 g/mol. The highest BCUT2D eigenvalue weighted by Gasteiger charge is 2.43. The third-order valence-electron chi connectivity index (χ3n) is 10.1. The standard InChI is InChI=1S/C32H36ClFN8O3/c1-32-7-4-9-42(16-32)29-21-13-35-28(26(34)27(21)37-30(38-29)45-15-18-5-3-8-41(18)2)25-20-14-36-40-23(20)12-22(33)24(25)19-11-17(19)6-10-44-31(43)39-32/h12-14,17-19H,3-11,15-16H2,1-2H3,(H,36,40)(H,39,43)/t17-,18-,19+,32+/m0/s1. The molecule has 1 aromatic carbocycles. The summed E-state index contributed by atoms with van der Waals surface area (Å²) in [5.74, 6) is 0.279. The van der Waals surface area contributed by atoms with E-state index in [9.17, 15) is 4.79 Å². The fraction of sp³-hybridized carbons (Fsp3) is 0.531. The van der Waals surface area contributed by atoms with Gasteiger partial charge in [-0.15, -0.1) is 0 Å². The zero-order valence-electron chi connectivity index (χ0n) is 25.4. The maximum absolute atomic E-state index is 17.1. The molecule has 1 amide bonds. The molecule has 4 aliphatic heterocycles. The summed E-state index contributed by atoms with van der Waals surface area (Å²) in [6, 6.07) is 2.20. The summed E-state index contributed by atoms with van der Waals surface area (Å²) in [5.41, 5.74) is 1.88. The molecule has 0 radical (unpaired) electrons. The number of hydrogen-bond donors (Lipinski definition) is 2. The maximum Gasteiger partial charge on any atom is 0.407 e. The number of carbonyl (C=O) groups excluding carboxylic acids is 1. The number of rotatable bonds is 3. The van der Waals surface area contributed by atoms with Crippen LogP contribution in [0.25, 0.3) is 33.1 Å². The van der Waals surface area contributed by atoms with Crippen LogP contribution in [-0.4, -0.2) is 87.6 Å². The SMILES string of the molecule is CN1CCC[C@H]1COc1nc2c3cnc(c(F)c3n1)-c1c(c(Cl)cc3[nH]ncc13)[C@@H]1C[C@@H]1CCOC(=O)N[C@]1(C)CCCN2C1. The van der Waals surface area contributed by atoms with Crippen molar-refractivity contribution in [3.8, 4) is 17.3 Å². The van der Waals surface area contributed by atoms with E-state index in [0.29, 0.717) is 53.4 Å². The summed E-state index contributed by atoms with van der Waals surface area (Å²) in [4.78, 5) is 31.5. The summed E-state index contributed by atoms with van der Waals surface area (Å²) in [6.07, 6.45) is 8.13. The third-order valence-corrected chi connectivity index (χ3v) is 10.4. The van der Waals surface area contributed by atoms with E-state index in [-0.39, 0.29) is 41.7 Å². The van der Waals surface area contributed by atoms with Gasteiger partial charge < -0.3 is 24.6 Å². The van der Waals surface area contributed by atoms with Crippen molar-refractivity contribution in [3.63, 3.8) is 0 Å². The van der Waals surface area contributed by atoms with E-state index in [0.717, 1.165) is 49.6 Å². The summed E-state index contributed by atoms with van der Waals surface area (Å²) in [6.45, 7) is 4.84. The second kappa shape index (κ2) is 10.9. The molecule has 0 unspecified atom stereocenters. The molecule has 0 spiro atoms. The van der Waals surface area contributed by atoms with Gasteiger partial charge in [-0.2, -0.15) is 15.1 Å².